The van der Waals surface area contributed by atoms with E-state index in [1.807, 2.05) is 66.7 Å². The highest BCUT2D eigenvalue weighted by atomic mass is 16.5. The highest BCUT2D eigenvalue weighted by Gasteiger charge is 2.63. The molecule has 4 aliphatic carbocycles. The van der Waals surface area contributed by atoms with Gasteiger partial charge in [0.1, 0.15) is 17.6 Å². The van der Waals surface area contributed by atoms with E-state index in [1.54, 1.807) is 19.1 Å². The summed E-state index contributed by atoms with van der Waals surface area (Å²) in [5, 5.41) is 4.38. The van der Waals surface area contributed by atoms with Gasteiger partial charge in [-0.1, -0.05) is 68.0 Å². The number of rotatable bonds is 10. The van der Waals surface area contributed by atoms with Gasteiger partial charge in [-0.25, -0.2) is 9.78 Å². The lowest BCUT2D eigenvalue weighted by Gasteiger charge is -2.60. The maximum Gasteiger partial charge on any atom is 0.344 e. The number of hydrogen-bond acceptors (Lipinski definition) is 8. The number of Topliss-reactive ketones (excluding diaryl/α,β-unsaturated/α-hetero) is 1. The van der Waals surface area contributed by atoms with Gasteiger partial charge >= 0.3 is 11.9 Å². The van der Waals surface area contributed by atoms with Crippen molar-refractivity contribution in [3.05, 3.63) is 95.6 Å². The molecule has 4 aromatic rings. The van der Waals surface area contributed by atoms with Crippen LogP contribution in [0.4, 0.5) is 0 Å². The lowest BCUT2D eigenvalue weighted by Crippen LogP contribution is -2.58. The standard InChI is InChI=1S/C47H50N2O7/c1-28(50)36-18-19-37-33-17-14-30-26-31(51)22-24-46(30,2)44(33)40(27-47(36,37)3)56-42(53)21-20-41(52)48-25-23-29-12-15-32(16-13-29)55-45(54)43-34-8-4-6-10-38(34)49-39-11-7-5-9-35(39)43/h4-13,15-16,26,33,36-37,40,44H,14,17-25,27H2,1-3H3,(H,48,52)/t33-,36+,37-,40+,44?,46-,47+/m0/s1. The minimum atomic E-state index is -0.459. The van der Waals surface area contributed by atoms with E-state index >= 15 is 0 Å². The van der Waals surface area contributed by atoms with Crippen LogP contribution in [-0.2, 0) is 30.3 Å². The normalized spacial score (nSPS) is 28.1. The van der Waals surface area contributed by atoms with E-state index < -0.39 is 11.9 Å². The van der Waals surface area contributed by atoms with E-state index in [2.05, 4.69) is 19.2 Å². The number of para-hydroxylation sites is 2. The average molecular weight is 755 g/mol. The summed E-state index contributed by atoms with van der Waals surface area (Å²) in [7, 11) is 0. The fourth-order valence-electron chi connectivity index (χ4n) is 11.2. The van der Waals surface area contributed by atoms with Crippen LogP contribution in [0.5, 0.6) is 5.75 Å². The van der Waals surface area contributed by atoms with E-state index in [0.29, 0.717) is 49.0 Å². The van der Waals surface area contributed by atoms with E-state index in [-0.39, 0.29) is 59.1 Å². The number of aromatic nitrogens is 1. The second-order valence-corrected chi connectivity index (χ2v) is 17.0. The van der Waals surface area contributed by atoms with E-state index in [4.69, 9.17) is 14.5 Å². The molecule has 290 valence electrons. The molecule has 9 heteroatoms. The van der Waals surface area contributed by atoms with Crippen LogP contribution < -0.4 is 10.1 Å². The van der Waals surface area contributed by atoms with Crippen LogP contribution in [0, 0.1) is 34.5 Å². The molecule has 1 N–H and O–H groups in total. The highest BCUT2D eigenvalue weighted by molar-refractivity contribution is 6.14. The molecular weight excluding hydrogens is 705 g/mol. The smallest absolute Gasteiger partial charge is 0.344 e. The van der Waals surface area contributed by atoms with Gasteiger partial charge in [-0.05, 0) is 110 Å². The predicted octanol–water partition coefficient (Wildman–Crippen LogP) is 8.30. The molecular formula is C47H50N2O7. The first-order chi connectivity index (χ1) is 26.9. The number of fused-ring (bicyclic) bond motifs is 7. The minimum Gasteiger partial charge on any atom is -0.462 e. The van der Waals surface area contributed by atoms with Crippen molar-refractivity contribution in [1.29, 1.82) is 0 Å². The molecule has 0 bridgehead atoms. The van der Waals surface area contributed by atoms with Gasteiger partial charge in [-0.15, -0.1) is 0 Å². The molecule has 3 saturated carbocycles. The molecule has 0 spiro atoms. The zero-order valence-electron chi connectivity index (χ0n) is 32.5. The van der Waals surface area contributed by atoms with Gasteiger partial charge in [0, 0.05) is 42.0 Å². The van der Waals surface area contributed by atoms with Gasteiger partial charge in [-0.2, -0.15) is 0 Å². The van der Waals surface area contributed by atoms with Crippen molar-refractivity contribution < 1.29 is 33.4 Å². The van der Waals surface area contributed by atoms with Crippen molar-refractivity contribution in [2.75, 3.05) is 6.54 Å². The average Bonchev–Trinajstić information content (AvgIpc) is 3.54. The fourth-order valence-corrected chi connectivity index (χ4v) is 11.2. The second kappa shape index (κ2) is 15.1. The predicted molar refractivity (Wildman–Crippen MR) is 213 cm³/mol. The molecule has 3 fully saturated rings. The van der Waals surface area contributed by atoms with Crippen LogP contribution in [0.1, 0.15) is 94.5 Å². The third kappa shape index (κ3) is 6.94. The van der Waals surface area contributed by atoms with Gasteiger partial charge in [0.25, 0.3) is 0 Å². The van der Waals surface area contributed by atoms with E-state index in [9.17, 15) is 24.0 Å². The highest BCUT2D eigenvalue weighted by Crippen LogP contribution is 2.67. The zero-order valence-corrected chi connectivity index (χ0v) is 32.5. The largest absolute Gasteiger partial charge is 0.462 e. The van der Waals surface area contributed by atoms with Gasteiger partial charge in [0.2, 0.25) is 5.91 Å². The second-order valence-electron chi connectivity index (χ2n) is 17.0. The first-order valence-corrected chi connectivity index (χ1v) is 20.2. The van der Waals surface area contributed by atoms with Crippen molar-refractivity contribution in [1.82, 2.24) is 10.3 Å². The van der Waals surface area contributed by atoms with Gasteiger partial charge < -0.3 is 14.8 Å². The van der Waals surface area contributed by atoms with Crippen molar-refractivity contribution in [2.45, 2.75) is 91.1 Å². The molecule has 8 rings (SSSR count). The lowest BCUT2D eigenvalue weighted by atomic mass is 9.46. The van der Waals surface area contributed by atoms with Crippen LogP contribution in [-0.4, -0.2) is 47.0 Å². The third-order valence-electron chi connectivity index (χ3n) is 13.9. The van der Waals surface area contributed by atoms with E-state index in [1.165, 1.54) is 5.57 Å². The topological polar surface area (TPSA) is 129 Å². The molecule has 4 aliphatic rings. The Morgan fingerprint density at radius 2 is 1.55 bits per heavy atom. The third-order valence-corrected chi connectivity index (χ3v) is 13.9. The van der Waals surface area contributed by atoms with Crippen LogP contribution >= 0.6 is 0 Å². The summed E-state index contributed by atoms with van der Waals surface area (Å²) in [5.74, 6) is 0.463. The number of ether oxygens (including phenoxy) is 2. The molecule has 1 unspecified atom stereocenters. The maximum absolute atomic E-state index is 13.5. The molecule has 1 aromatic heterocycles. The fraction of sp³-hybridized carbons (Fsp3) is 0.447. The molecule has 1 heterocycles. The first-order valence-electron chi connectivity index (χ1n) is 20.2. The van der Waals surface area contributed by atoms with Gasteiger partial charge in [0.05, 0.1) is 23.0 Å². The molecule has 56 heavy (non-hydrogen) atoms. The number of nitrogens with one attached hydrogen (secondary N) is 1. The Labute approximate surface area is 327 Å². The number of pyridine rings is 1. The number of esters is 2. The Bertz CT molecular complexity index is 2210. The number of carbonyl (C=O) groups is 5. The number of carbonyl (C=O) groups excluding carboxylic acids is 5. The molecule has 7 atom stereocenters. The molecule has 0 radical (unpaired) electrons. The van der Waals surface area contributed by atoms with Crippen LogP contribution in [0.15, 0.2) is 84.4 Å². The van der Waals surface area contributed by atoms with Crippen molar-refractivity contribution in [3.8, 4) is 5.75 Å². The molecule has 9 nitrogen and oxygen atoms in total. The SMILES string of the molecule is CC(=O)[C@H]1CC[C@H]2[C@@H]3CCC4=CC(=O)CC[C@]4(C)C3[C@H](OC(=O)CCC(=O)NCCc3ccc(OC(=O)c4c5ccccc5nc5ccccc45)cc3)C[C@]12C. The summed E-state index contributed by atoms with van der Waals surface area (Å²) in [4.78, 5) is 69.8. The Balaban J connectivity index is 0.857. The zero-order chi connectivity index (χ0) is 39.2. The van der Waals surface area contributed by atoms with Crippen LogP contribution in [0.3, 0.4) is 0 Å². The van der Waals surface area contributed by atoms with Gasteiger partial charge in [-0.3, -0.25) is 19.2 Å². The number of nitrogens with zero attached hydrogens (tertiary/aromatic N) is 1. The number of hydrogen-bond donors (Lipinski definition) is 1. The van der Waals surface area contributed by atoms with Crippen molar-refractivity contribution in [2.24, 2.45) is 34.5 Å². The molecule has 0 saturated heterocycles. The number of allylic oxidation sites excluding steroid dienone is 1. The Morgan fingerprint density at radius 3 is 2.25 bits per heavy atom. The maximum atomic E-state index is 13.5. The van der Waals surface area contributed by atoms with Crippen molar-refractivity contribution >= 4 is 51.2 Å². The number of amides is 1. The molecule has 3 aromatic carbocycles. The van der Waals surface area contributed by atoms with Crippen LogP contribution in [0.2, 0.25) is 0 Å². The summed E-state index contributed by atoms with van der Waals surface area (Å²) in [5.41, 5.74) is 3.59. The summed E-state index contributed by atoms with van der Waals surface area (Å²) < 4.78 is 12.2. The Morgan fingerprint density at radius 1 is 0.857 bits per heavy atom. The number of benzene rings is 3. The summed E-state index contributed by atoms with van der Waals surface area (Å²) >= 11 is 0. The summed E-state index contributed by atoms with van der Waals surface area (Å²) in [6.45, 7) is 6.56. The quantitative estimate of drug-likeness (QED) is 0.0973. The Hall–Kier alpha value is -5.18. The van der Waals surface area contributed by atoms with E-state index in [0.717, 1.165) is 59.5 Å². The van der Waals surface area contributed by atoms with Crippen LogP contribution in [0.25, 0.3) is 21.8 Å². The number of ketones is 2. The van der Waals surface area contributed by atoms with Gasteiger partial charge in [0.15, 0.2) is 5.78 Å². The minimum absolute atomic E-state index is 0.0137. The molecule has 1 amide bonds. The first kappa shape index (κ1) is 37.7. The monoisotopic (exact) mass is 754 g/mol. The van der Waals surface area contributed by atoms with Crippen molar-refractivity contribution in [3.63, 3.8) is 0 Å². The Kier molecular flexibility index (Phi) is 10.1. The summed E-state index contributed by atoms with van der Waals surface area (Å²) in [6.07, 6.45) is 7.60. The molecule has 0 aliphatic heterocycles. The lowest BCUT2D eigenvalue weighted by molar-refractivity contribution is -0.178. The summed E-state index contributed by atoms with van der Waals surface area (Å²) in [6, 6.07) is 22.3.